The van der Waals surface area contributed by atoms with Gasteiger partial charge in [0.2, 0.25) is 0 Å². The summed E-state index contributed by atoms with van der Waals surface area (Å²) in [6.07, 6.45) is 18.2. The predicted molar refractivity (Wildman–Crippen MR) is 223 cm³/mol. The minimum atomic E-state index is -4.35. The molecule has 1 fully saturated rings. The van der Waals surface area contributed by atoms with Crippen LogP contribution in [0.1, 0.15) is 66.1 Å². The lowest BCUT2D eigenvalue weighted by Gasteiger charge is -2.29. The molecular formula is C39H43ClFN4O13PS2. The third-order valence-electron chi connectivity index (χ3n) is 8.82. The quantitative estimate of drug-likeness (QED) is 0.0866. The Balaban J connectivity index is 0.000000209. The van der Waals surface area contributed by atoms with Gasteiger partial charge in [0.25, 0.3) is 17.7 Å². The Labute approximate surface area is 359 Å². The number of benzene rings is 2. The van der Waals surface area contributed by atoms with Crippen molar-refractivity contribution in [2.24, 2.45) is 0 Å². The molecule has 0 spiro atoms. The Morgan fingerprint density at radius 3 is 2.21 bits per heavy atom. The van der Waals surface area contributed by atoms with Gasteiger partial charge < -0.3 is 28.7 Å². The van der Waals surface area contributed by atoms with Crippen molar-refractivity contribution >= 4 is 80.8 Å². The Morgan fingerprint density at radius 1 is 1.08 bits per heavy atom. The lowest BCUT2D eigenvalue weighted by molar-refractivity contribution is -0.193. The van der Waals surface area contributed by atoms with Crippen molar-refractivity contribution in [2.75, 3.05) is 60.8 Å². The SMILES string of the molecule is C#CCN1C(=O)COc2cc(F)c(N3C(=O)C4=C(CCCC4)C3=O)cc21.CS(=O)(=O)c1cc(Cl)ccc1C(=O)c1cnoc1C1CC1.C[S+](C)C.O=C(O)CNCP(=O)([O-])O. The van der Waals surface area contributed by atoms with E-state index in [0.717, 1.165) is 42.9 Å². The van der Waals surface area contributed by atoms with E-state index in [0.29, 0.717) is 46.2 Å². The van der Waals surface area contributed by atoms with Crippen LogP contribution in [0.5, 0.6) is 5.75 Å². The number of ether oxygens (including phenoxy) is 1. The van der Waals surface area contributed by atoms with E-state index in [4.69, 9.17) is 37.3 Å². The average molecular weight is 925 g/mol. The van der Waals surface area contributed by atoms with Gasteiger partial charge in [-0.2, -0.15) is 0 Å². The van der Waals surface area contributed by atoms with Crippen LogP contribution in [0, 0.1) is 18.2 Å². The zero-order chi connectivity index (χ0) is 45.4. The van der Waals surface area contributed by atoms with E-state index in [1.807, 2.05) is 5.32 Å². The number of sulfone groups is 1. The monoisotopic (exact) mass is 924 g/mol. The van der Waals surface area contributed by atoms with Gasteiger partial charge >= 0.3 is 5.97 Å². The fourth-order valence-electron chi connectivity index (χ4n) is 6.10. The number of ketones is 1. The summed E-state index contributed by atoms with van der Waals surface area (Å²) < 4.78 is 58.7. The number of terminal acetylenes is 1. The topological polar surface area (TPSA) is 254 Å². The molecule has 1 saturated carbocycles. The molecule has 0 radical (unpaired) electrons. The predicted octanol–water partition coefficient (Wildman–Crippen LogP) is 3.43. The molecule has 17 nitrogen and oxygen atoms in total. The van der Waals surface area contributed by atoms with E-state index < -0.39 is 59.6 Å². The molecule has 3 N–H and O–H groups in total. The molecule has 22 heteroatoms. The number of amides is 3. The van der Waals surface area contributed by atoms with Gasteiger partial charge in [0.1, 0.15) is 13.3 Å². The van der Waals surface area contributed by atoms with Crippen LogP contribution in [0.4, 0.5) is 15.8 Å². The highest BCUT2D eigenvalue weighted by Crippen LogP contribution is 2.43. The molecular weight excluding hydrogens is 882 g/mol. The Bertz CT molecular complexity index is 2410. The Kier molecular flexibility index (Phi) is 16.6. The number of nitrogens with one attached hydrogen (secondary N) is 1. The zero-order valence-corrected chi connectivity index (χ0v) is 36.7. The van der Waals surface area contributed by atoms with Gasteiger partial charge in [-0.25, -0.2) is 17.7 Å². The first-order chi connectivity index (χ1) is 28.5. The van der Waals surface area contributed by atoms with Gasteiger partial charge in [0, 0.05) is 40.0 Å². The molecule has 2 aliphatic heterocycles. The molecule has 3 heterocycles. The van der Waals surface area contributed by atoms with E-state index in [2.05, 4.69) is 29.8 Å². The second-order valence-electron chi connectivity index (χ2n) is 14.3. The summed E-state index contributed by atoms with van der Waals surface area (Å²) >= 11 is 5.84. The van der Waals surface area contributed by atoms with E-state index >= 15 is 0 Å². The van der Waals surface area contributed by atoms with Gasteiger partial charge in [-0.15, -0.1) is 6.42 Å². The van der Waals surface area contributed by atoms with Crippen LogP contribution in [0.2, 0.25) is 5.02 Å². The van der Waals surface area contributed by atoms with Crippen molar-refractivity contribution in [3.63, 3.8) is 0 Å². The Morgan fingerprint density at radius 2 is 1.69 bits per heavy atom. The number of rotatable bonds is 10. The highest BCUT2D eigenvalue weighted by Gasteiger charge is 2.42. The molecule has 0 saturated heterocycles. The van der Waals surface area contributed by atoms with Crippen molar-refractivity contribution < 1.29 is 65.5 Å². The van der Waals surface area contributed by atoms with Crippen molar-refractivity contribution in [3.8, 4) is 18.1 Å². The molecule has 328 valence electrons. The second kappa shape index (κ2) is 20.8. The van der Waals surface area contributed by atoms with Crippen molar-refractivity contribution in [1.29, 1.82) is 0 Å². The van der Waals surface area contributed by atoms with Crippen LogP contribution in [0.3, 0.4) is 0 Å². The average Bonchev–Trinajstić information content (AvgIpc) is 3.84. The molecule has 4 aliphatic rings. The standard InChI is InChI=1S/C19H15FN2O4.C14H12ClNO4S.C3H8NO5P.C3H9S/c1-2-7-21-15-9-14(13(20)8-16(15)26-10-17(21)23)22-18(24)11-5-3-4-6-12(11)19(22)25;1-21(18,19)12-6-9(15)4-5-10(12)13(17)11-7-16-20-14(11)8-2-3-8;5-3(6)1-4-2-10(7,8)9;1-4(2)3/h1,8-9H,3-7,10H2;4-8H,2-3H2,1H3;4H,1-2H2,(H,5,6)(H2,7,8,9);1-3H3/q;;;+1/p-1. The first-order valence-corrected chi connectivity index (χ1v) is 24.8. The van der Waals surface area contributed by atoms with Gasteiger partial charge in [-0.3, -0.25) is 34.2 Å². The van der Waals surface area contributed by atoms with E-state index in [9.17, 15) is 46.2 Å². The summed E-state index contributed by atoms with van der Waals surface area (Å²) in [6, 6.07) is 6.57. The maximum Gasteiger partial charge on any atom is 0.317 e. The number of halogens is 2. The maximum atomic E-state index is 14.7. The number of aromatic nitrogens is 1. The minimum Gasteiger partial charge on any atom is -0.778 e. The smallest absolute Gasteiger partial charge is 0.317 e. The maximum absolute atomic E-state index is 14.7. The molecule has 2 aromatic carbocycles. The molecule has 61 heavy (non-hydrogen) atoms. The molecule has 1 atom stereocenters. The number of imide groups is 1. The number of nitrogens with zero attached hydrogens (tertiary/aromatic N) is 3. The van der Waals surface area contributed by atoms with E-state index in [1.54, 1.807) is 0 Å². The first kappa shape index (κ1) is 48.8. The Hall–Kier alpha value is -4.87. The lowest BCUT2D eigenvalue weighted by atomic mass is 9.93. The molecule has 2 aliphatic carbocycles. The van der Waals surface area contributed by atoms with Crippen LogP contribution in [0.25, 0.3) is 0 Å². The summed E-state index contributed by atoms with van der Waals surface area (Å²) in [6.45, 7) is -0.741. The van der Waals surface area contributed by atoms with Crippen LogP contribution >= 0.6 is 19.2 Å². The van der Waals surface area contributed by atoms with Crippen LogP contribution in [-0.2, 0) is 44.5 Å². The van der Waals surface area contributed by atoms with Gasteiger partial charge in [-0.1, -0.05) is 22.7 Å². The second-order valence-corrected chi connectivity index (χ2v) is 20.8. The van der Waals surface area contributed by atoms with Crippen LogP contribution < -0.4 is 24.7 Å². The van der Waals surface area contributed by atoms with Crippen molar-refractivity contribution in [1.82, 2.24) is 10.5 Å². The highest BCUT2D eigenvalue weighted by molar-refractivity contribution is 7.94. The fraction of sp³-hybridized carbons (Fsp3) is 0.385. The van der Waals surface area contributed by atoms with Gasteiger partial charge in [-0.05, 0) is 73.7 Å². The lowest BCUT2D eigenvalue weighted by Crippen LogP contribution is -2.39. The van der Waals surface area contributed by atoms with Gasteiger partial charge in [0.15, 0.2) is 33.8 Å². The van der Waals surface area contributed by atoms with E-state index in [1.165, 1.54) is 35.4 Å². The number of hydrogen-bond acceptors (Lipinski definition) is 13. The summed E-state index contributed by atoms with van der Waals surface area (Å²) in [7, 11) is -7.27. The number of carbonyl (C=O) groups excluding carboxylic acids is 4. The number of carboxylic acid groups (broad SMARTS) is 1. The van der Waals surface area contributed by atoms with Crippen molar-refractivity contribution in [2.45, 2.75) is 49.3 Å². The molecule has 1 unspecified atom stereocenters. The number of carbonyl (C=O) groups is 5. The number of hydrogen-bond donors (Lipinski definition) is 3. The molecule has 0 bridgehead atoms. The summed E-state index contributed by atoms with van der Waals surface area (Å²) in [4.78, 5) is 79.9. The third kappa shape index (κ3) is 13.1. The number of anilines is 2. The number of fused-ring (bicyclic) bond motifs is 1. The minimum absolute atomic E-state index is 0.0170. The first-order valence-electron chi connectivity index (χ1n) is 18.3. The normalized spacial score (nSPS) is 16.7. The number of aliphatic carboxylic acids is 1. The van der Waals surface area contributed by atoms with Crippen LogP contribution in [0.15, 0.2) is 57.1 Å². The summed E-state index contributed by atoms with van der Waals surface area (Å²) in [5, 5.41) is 13.9. The number of carboxylic acids is 1. The fourth-order valence-corrected chi connectivity index (χ4v) is 7.64. The van der Waals surface area contributed by atoms with Crippen molar-refractivity contribution in [3.05, 3.63) is 75.4 Å². The van der Waals surface area contributed by atoms with E-state index in [-0.39, 0.29) is 57.6 Å². The zero-order valence-electron chi connectivity index (χ0n) is 33.4. The largest absolute Gasteiger partial charge is 0.778 e. The van der Waals surface area contributed by atoms with Crippen LogP contribution in [-0.4, -0.2) is 104 Å². The highest BCUT2D eigenvalue weighted by atomic mass is 35.5. The molecule has 7 rings (SSSR count). The molecule has 1 aromatic heterocycles. The summed E-state index contributed by atoms with van der Waals surface area (Å²) in [5.41, 5.74) is 1.41. The summed E-state index contributed by atoms with van der Waals surface area (Å²) in [5.74, 6) is -0.429. The third-order valence-corrected chi connectivity index (χ3v) is 10.8. The molecule has 3 amide bonds. The molecule has 3 aromatic rings. The van der Waals surface area contributed by atoms with Gasteiger partial charge in [0.05, 0.1) is 66.2 Å².